The number of hydrogen-bond donors (Lipinski definition) is 1. The minimum absolute atomic E-state index is 0.604. The van der Waals surface area contributed by atoms with E-state index in [1.807, 2.05) is 32.1 Å². The normalized spacial score (nSPS) is 12.5. The number of rotatable bonds is 3. The molecule has 0 aromatic heterocycles. The summed E-state index contributed by atoms with van der Waals surface area (Å²) in [6.45, 7) is 8.33. The maximum Gasteiger partial charge on any atom is 0.0112 e. The van der Waals surface area contributed by atoms with Crippen molar-refractivity contribution in [1.29, 1.82) is 0 Å². The molecule has 10 heavy (non-hydrogen) atoms. The number of hydrogen-bond acceptors (Lipinski definition) is 1. The third-order valence-electron chi connectivity index (χ3n) is 1.07. The van der Waals surface area contributed by atoms with Gasteiger partial charge in [-0.2, -0.15) is 0 Å². The smallest absolute Gasteiger partial charge is 0.0112 e. The zero-order chi connectivity index (χ0) is 7.98. The van der Waals surface area contributed by atoms with E-state index in [1.54, 1.807) is 0 Å². The predicted molar refractivity (Wildman–Crippen MR) is 46.8 cm³/mol. The van der Waals surface area contributed by atoms with Crippen molar-refractivity contribution < 1.29 is 0 Å². The zero-order valence-corrected chi connectivity index (χ0v) is 6.72. The highest BCUT2D eigenvalue weighted by Crippen LogP contribution is 1.97. The maximum atomic E-state index is 5.30. The first kappa shape index (κ1) is 9.18. The van der Waals surface area contributed by atoms with Crippen molar-refractivity contribution in [3.63, 3.8) is 0 Å². The molecule has 0 aromatic carbocycles. The summed E-state index contributed by atoms with van der Waals surface area (Å²) in [5.74, 6) is 0. The van der Waals surface area contributed by atoms with Gasteiger partial charge in [0.25, 0.3) is 0 Å². The van der Waals surface area contributed by atoms with Crippen molar-refractivity contribution in [2.24, 2.45) is 5.73 Å². The number of nitrogens with two attached hydrogens (primary N) is 1. The van der Waals surface area contributed by atoms with E-state index < -0.39 is 0 Å². The van der Waals surface area contributed by atoms with Crippen molar-refractivity contribution in [2.75, 3.05) is 6.54 Å². The van der Waals surface area contributed by atoms with Crippen LogP contribution in [0, 0.1) is 0 Å². The lowest BCUT2D eigenvalue weighted by Gasteiger charge is -1.89. The van der Waals surface area contributed by atoms with Gasteiger partial charge in [-0.15, -0.1) is 0 Å². The molecule has 0 rings (SSSR count). The molecule has 0 heterocycles. The van der Waals surface area contributed by atoms with Crippen LogP contribution in [0.5, 0.6) is 0 Å². The standard InChI is InChI=1S/C9H15N/c1-8(2)4-5-9(3)6-7-10/h4-6H,1,7,10H2,2-3H3/b5-4-,9-6-. The zero-order valence-electron chi connectivity index (χ0n) is 6.72. The van der Waals surface area contributed by atoms with E-state index in [1.165, 1.54) is 5.57 Å². The van der Waals surface area contributed by atoms with Gasteiger partial charge in [0.05, 0.1) is 0 Å². The second kappa shape index (κ2) is 5.00. The van der Waals surface area contributed by atoms with E-state index in [-0.39, 0.29) is 0 Å². The highest BCUT2D eigenvalue weighted by atomic mass is 14.5. The van der Waals surface area contributed by atoms with E-state index in [0.717, 1.165) is 5.57 Å². The molecule has 1 heteroatoms. The van der Waals surface area contributed by atoms with Crippen LogP contribution in [-0.4, -0.2) is 6.54 Å². The summed E-state index contributed by atoms with van der Waals surface area (Å²) in [4.78, 5) is 0. The molecule has 0 unspecified atom stereocenters. The van der Waals surface area contributed by atoms with E-state index in [0.29, 0.717) is 6.54 Å². The van der Waals surface area contributed by atoms with E-state index in [9.17, 15) is 0 Å². The molecular formula is C9H15N. The summed E-state index contributed by atoms with van der Waals surface area (Å²) in [5.41, 5.74) is 7.55. The Balaban J connectivity index is 3.89. The fourth-order valence-electron chi connectivity index (χ4n) is 0.528. The Morgan fingerprint density at radius 2 is 2.00 bits per heavy atom. The summed E-state index contributed by atoms with van der Waals surface area (Å²) in [5, 5.41) is 0. The molecule has 0 aromatic rings. The summed E-state index contributed by atoms with van der Waals surface area (Å²) in [7, 11) is 0. The van der Waals surface area contributed by atoms with Crippen LogP contribution in [0.4, 0.5) is 0 Å². The highest BCUT2D eigenvalue weighted by molar-refractivity contribution is 5.23. The Morgan fingerprint density at radius 1 is 1.40 bits per heavy atom. The second-order valence-electron chi connectivity index (χ2n) is 2.36. The number of allylic oxidation sites excluding steroid dienone is 4. The monoisotopic (exact) mass is 137 g/mol. The second-order valence-corrected chi connectivity index (χ2v) is 2.36. The molecule has 0 atom stereocenters. The van der Waals surface area contributed by atoms with Gasteiger partial charge in [-0.3, -0.25) is 0 Å². The van der Waals surface area contributed by atoms with Crippen LogP contribution in [0.25, 0.3) is 0 Å². The van der Waals surface area contributed by atoms with Crippen molar-refractivity contribution in [3.05, 3.63) is 36.0 Å². The maximum absolute atomic E-state index is 5.30. The largest absolute Gasteiger partial charge is 0.327 e. The molecule has 0 bridgehead atoms. The van der Waals surface area contributed by atoms with Crippen molar-refractivity contribution in [1.82, 2.24) is 0 Å². The first-order valence-corrected chi connectivity index (χ1v) is 3.37. The van der Waals surface area contributed by atoms with Gasteiger partial charge in [0.15, 0.2) is 0 Å². The van der Waals surface area contributed by atoms with Crippen LogP contribution in [0.3, 0.4) is 0 Å². The Hall–Kier alpha value is -0.820. The van der Waals surface area contributed by atoms with Crippen LogP contribution < -0.4 is 5.73 Å². The fraction of sp³-hybridized carbons (Fsp3) is 0.333. The van der Waals surface area contributed by atoms with Crippen LogP contribution >= 0.6 is 0 Å². The summed E-state index contributed by atoms with van der Waals surface area (Å²) in [6, 6.07) is 0. The van der Waals surface area contributed by atoms with Gasteiger partial charge >= 0.3 is 0 Å². The van der Waals surface area contributed by atoms with Crippen LogP contribution in [-0.2, 0) is 0 Å². The Kier molecular flexibility index (Phi) is 4.59. The first-order chi connectivity index (χ1) is 4.66. The molecule has 0 aliphatic rings. The molecule has 0 radical (unpaired) electrons. The van der Waals surface area contributed by atoms with Gasteiger partial charge in [-0.1, -0.05) is 36.0 Å². The van der Waals surface area contributed by atoms with Crippen molar-refractivity contribution in [3.8, 4) is 0 Å². The van der Waals surface area contributed by atoms with E-state index in [2.05, 4.69) is 6.58 Å². The minimum atomic E-state index is 0.604. The lowest BCUT2D eigenvalue weighted by molar-refractivity contribution is 1.23. The van der Waals surface area contributed by atoms with Crippen molar-refractivity contribution >= 4 is 0 Å². The third-order valence-corrected chi connectivity index (χ3v) is 1.07. The fourth-order valence-corrected chi connectivity index (χ4v) is 0.528. The quantitative estimate of drug-likeness (QED) is 0.592. The van der Waals surface area contributed by atoms with Crippen LogP contribution in [0.2, 0.25) is 0 Å². The van der Waals surface area contributed by atoms with Crippen molar-refractivity contribution in [2.45, 2.75) is 13.8 Å². The lowest BCUT2D eigenvalue weighted by Crippen LogP contribution is -1.93. The Morgan fingerprint density at radius 3 is 2.40 bits per heavy atom. The minimum Gasteiger partial charge on any atom is -0.327 e. The molecular weight excluding hydrogens is 122 g/mol. The van der Waals surface area contributed by atoms with Gasteiger partial charge in [0.1, 0.15) is 0 Å². The molecule has 0 saturated heterocycles. The summed E-state index contributed by atoms with van der Waals surface area (Å²) < 4.78 is 0. The molecule has 0 amide bonds. The Labute approximate surface area is 62.9 Å². The SMILES string of the molecule is C=C(C)/C=C\C(C)=C/CN. The van der Waals surface area contributed by atoms with Gasteiger partial charge in [0.2, 0.25) is 0 Å². The Bertz CT molecular complexity index is 164. The summed E-state index contributed by atoms with van der Waals surface area (Å²) >= 11 is 0. The molecule has 0 aliphatic carbocycles. The molecule has 56 valence electrons. The topological polar surface area (TPSA) is 26.0 Å². The summed E-state index contributed by atoms with van der Waals surface area (Å²) in [6.07, 6.45) is 5.95. The highest BCUT2D eigenvalue weighted by Gasteiger charge is 1.78. The molecule has 0 fully saturated rings. The molecule has 0 saturated carbocycles. The average molecular weight is 137 g/mol. The van der Waals surface area contributed by atoms with E-state index >= 15 is 0 Å². The predicted octanol–water partition coefficient (Wildman–Crippen LogP) is 2.02. The van der Waals surface area contributed by atoms with Gasteiger partial charge < -0.3 is 5.73 Å². The van der Waals surface area contributed by atoms with Crippen LogP contribution in [0.15, 0.2) is 36.0 Å². The molecule has 1 nitrogen and oxygen atoms in total. The third kappa shape index (κ3) is 5.32. The molecule has 0 spiro atoms. The van der Waals surface area contributed by atoms with Crippen LogP contribution in [0.1, 0.15) is 13.8 Å². The molecule has 2 N–H and O–H groups in total. The lowest BCUT2D eigenvalue weighted by atomic mass is 10.2. The van der Waals surface area contributed by atoms with E-state index in [4.69, 9.17) is 5.73 Å². The average Bonchev–Trinajstić information content (AvgIpc) is 1.85. The van der Waals surface area contributed by atoms with Gasteiger partial charge in [-0.25, -0.2) is 0 Å². The van der Waals surface area contributed by atoms with Gasteiger partial charge in [0, 0.05) is 6.54 Å². The molecule has 0 aliphatic heterocycles. The first-order valence-electron chi connectivity index (χ1n) is 3.37. The van der Waals surface area contributed by atoms with Gasteiger partial charge in [-0.05, 0) is 13.8 Å².